The number of thiazole rings is 2. The zero-order valence-corrected chi connectivity index (χ0v) is 46.5. The third kappa shape index (κ3) is 12.5. The number of carbonyl (C=O) groups is 6. The van der Waals surface area contributed by atoms with Gasteiger partial charge in [0, 0.05) is 58.2 Å². The van der Waals surface area contributed by atoms with Gasteiger partial charge in [-0.25, -0.2) is 9.97 Å². The number of hydrogen-bond acceptors (Lipinski definition) is 12. The number of rotatable bonds is 16. The molecule has 8 rings (SSSR count). The summed E-state index contributed by atoms with van der Waals surface area (Å²) in [4.78, 5) is 97.5. The SMILES string of the molecule is CNC(C)C(=O)NC(C(=O)N1CC(NC(=O)c2ccc3cc(C(=O)NC4CC(c5nc(-c6ccccc6)cs5)N(C(=O)C(NC(=O)C(C)NC)C(C)(C)C)C4)ccc3c2)CC1c1nc(-c2ccccc2)cs1)C(C)(C)C. The summed E-state index contributed by atoms with van der Waals surface area (Å²) in [5.41, 5.74) is 3.07. The van der Waals surface area contributed by atoms with E-state index in [1.165, 1.54) is 22.7 Å². The van der Waals surface area contributed by atoms with Crippen molar-refractivity contribution in [3.8, 4) is 22.5 Å². The normalized spacial score (nSPS) is 19.4. The predicted octanol–water partition coefficient (Wildman–Crippen LogP) is 7.51. The third-order valence-corrected chi connectivity index (χ3v) is 16.3. The van der Waals surface area contributed by atoms with Gasteiger partial charge in [0.15, 0.2) is 0 Å². The number of fused-ring (bicyclic) bond motifs is 1. The van der Waals surface area contributed by atoms with Gasteiger partial charge in [0.25, 0.3) is 11.8 Å². The molecule has 0 radical (unpaired) electrons. The van der Waals surface area contributed by atoms with Crippen LogP contribution in [0.2, 0.25) is 0 Å². The highest BCUT2D eigenvalue weighted by molar-refractivity contribution is 7.10. The van der Waals surface area contributed by atoms with Crippen LogP contribution in [0.5, 0.6) is 0 Å². The van der Waals surface area contributed by atoms with Crippen molar-refractivity contribution in [2.24, 2.45) is 10.8 Å². The molecule has 0 spiro atoms. The predicted molar refractivity (Wildman–Crippen MR) is 300 cm³/mol. The first kappa shape index (κ1) is 55.4. The Hall–Kier alpha value is -6.86. The molecule has 8 unspecified atom stereocenters. The fourth-order valence-corrected chi connectivity index (χ4v) is 11.6. The van der Waals surface area contributed by atoms with Crippen LogP contribution in [-0.4, -0.2) is 119 Å². The molecule has 2 fully saturated rings. The molecule has 76 heavy (non-hydrogen) atoms. The molecule has 2 aromatic heterocycles. The van der Waals surface area contributed by atoms with Crippen molar-refractivity contribution in [3.63, 3.8) is 0 Å². The number of carbonyl (C=O) groups excluding carboxylic acids is 6. The highest BCUT2D eigenvalue weighted by Crippen LogP contribution is 2.40. The van der Waals surface area contributed by atoms with E-state index >= 15 is 0 Å². The van der Waals surface area contributed by atoms with Crippen LogP contribution in [0.15, 0.2) is 108 Å². The summed E-state index contributed by atoms with van der Waals surface area (Å²) in [5.74, 6) is -1.71. The van der Waals surface area contributed by atoms with Gasteiger partial charge in [0.2, 0.25) is 23.6 Å². The van der Waals surface area contributed by atoms with Crippen molar-refractivity contribution in [2.45, 2.75) is 117 Å². The molecule has 16 nitrogen and oxygen atoms in total. The Bertz CT molecular complexity index is 2870. The highest BCUT2D eigenvalue weighted by atomic mass is 32.1. The Kier molecular flexibility index (Phi) is 16.9. The maximum Gasteiger partial charge on any atom is 0.251 e. The lowest BCUT2D eigenvalue weighted by Crippen LogP contribution is -2.57. The zero-order chi connectivity index (χ0) is 54.6. The summed E-state index contributed by atoms with van der Waals surface area (Å²) in [6.07, 6.45) is 0.831. The van der Waals surface area contributed by atoms with Gasteiger partial charge in [-0.2, -0.15) is 0 Å². The minimum Gasteiger partial charge on any atom is -0.347 e. The third-order valence-electron chi connectivity index (χ3n) is 14.4. The molecule has 400 valence electrons. The molecule has 0 saturated carbocycles. The molecule has 4 heterocycles. The smallest absolute Gasteiger partial charge is 0.251 e. The highest BCUT2D eigenvalue weighted by Gasteiger charge is 2.46. The van der Waals surface area contributed by atoms with Gasteiger partial charge < -0.3 is 41.7 Å². The fraction of sp³-hybridized carbons (Fsp3) is 0.414. The van der Waals surface area contributed by atoms with E-state index < -0.39 is 59.2 Å². The molecule has 6 amide bonds. The number of hydrogen-bond donors (Lipinski definition) is 6. The Labute approximate surface area is 453 Å². The van der Waals surface area contributed by atoms with Crippen molar-refractivity contribution in [1.29, 1.82) is 0 Å². The molecule has 8 atom stereocenters. The lowest BCUT2D eigenvalue weighted by Gasteiger charge is -2.36. The first-order valence-corrected chi connectivity index (χ1v) is 27.6. The molecular weight excluding hydrogens is 997 g/mol. The first-order valence-electron chi connectivity index (χ1n) is 25.9. The van der Waals surface area contributed by atoms with Gasteiger partial charge in [0.1, 0.15) is 22.1 Å². The van der Waals surface area contributed by atoms with Gasteiger partial charge in [-0.1, -0.05) is 114 Å². The van der Waals surface area contributed by atoms with E-state index in [4.69, 9.17) is 9.97 Å². The molecule has 6 aromatic rings. The summed E-state index contributed by atoms with van der Waals surface area (Å²) in [7, 11) is 3.39. The van der Waals surface area contributed by atoms with Crippen LogP contribution >= 0.6 is 22.7 Å². The summed E-state index contributed by atoms with van der Waals surface area (Å²) in [5, 5.41) is 25.2. The first-order chi connectivity index (χ1) is 36.1. The molecule has 0 bridgehead atoms. The van der Waals surface area contributed by atoms with Crippen LogP contribution in [0, 0.1) is 10.8 Å². The van der Waals surface area contributed by atoms with E-state index in [2.05, 4.69) is 31.9 Å². The number of nitrogens with zero attached hydrogens (tertiary/aromatic N) is 4. The number of likely N-dealkylation sites (tertiary alicyclic amines) is 2. The van der Waals surface area contributed by atoms with Crippen molar-refractivity contribution < 1.29 is 28.8 Å². The second-order valence-corrected chi connectivity index (χ2v) is 23.9. The van der Waals surface area contributed by atoms with Gasteiger partial charge in [-0.05, 0) is 86.7 Å². The van der Waals surface area contributed by atoms with Crippen LogP contribution in [0.4, 0.5) is 0 Å². The Morgan fingerprint density at radius 2 is 0.921 bits per heavy atom. The van der Waals surface area contributed by atoms with Crippen LogP contribution in [0.3, 0.4) is 0 Å². The second-order valence-electron chi connectivity index (χ2n) is 22.1. The van der Waals surface area contributed by atoms with E-state index in [1.807, 2.05) is 125 Å². The summed E-state index contributed by atoms with van der Waals surface area (Å²) < 4.78 is 0. The van der Waals surface area contributed by atoms with Crippen molar-refractivity contribution >= 4 is 68.9 Å². The van der Waals surface area contributed by atoms with Crippen molar-refractivity contribution in [3.05, 3.63) is 129 Å². The van der Waals surface area contributed by atoms with Crippen LogP contribution in [0.1, 0.15) is 111 Å². The van der Waals surface area contributed by atoms with Gasteiger partial charge in [-0.3, -0.25) is 28.8 Å². The van der Waals surface area contributed by atoms with Crippen LogP contribution < -0.4 is 31.9 Å². The molecular formula is C58H70N10O6S2. The molecule has 4 aromatic carbocycles. The van der Waals surface area contributed by atoms with E-state index in [0.717, 1.165) is 43.3 Å². The lowest BCUT2D eigenvalue weighted by atomic mass is 9.85. The largest absolute Gasteiger partial charge is 0.347 e. The van der Waals surface area contributed by atoms with Gasteiger partial charge in [0.05, 0.1) is 35.6 Å². The Balaban J connectivity index is 0.986. The topological polar surface area (TPSA) is 207 Å². The average molecular weight is 1070 g/mol. The molecule has 18 heteroatoms. The van der Waals surface area contributed by atoms with Crippen LogP contribution in [0.25, 0.3) is 33.3 Å². The number of amides is 6. The summed E-state index contributed by atoms with van der Waals surface area (Å²) >= 11 is 2.93. The molecule has 2 saturated heterocycles. The molecule has 2 aliphatic rings. The minimum atomic E-state index is -0.848. The quantitative estimate of drug-likeness (QED) is 0.0563. The monoisotopic (exact) mass is 1070 g/mol. The summed E-state index contributed by atoms with van der Waals surface area (Å²) in [6, 6.07) is 25.8. The summed E-state index contributed by atoms with van der Waals surface area (Å²) in [6.45, 7) is 15.4. The Morgan fingerprint density at radius 1 is 0.553 bits per heavy atom. The van der Waals surface area contributed by atoms with Crippen molar-refractivity contribution in [2.75, 3.05) is 27.2 Å². The van der Waals surface area contributed by atoms with Crippen molar-refractivity contribution in [1.82, 2.24) is 51.7 Å². The maximum absolute atomic E-state index is 14.7. The number of likely N-dealkylation sites (N-methyl/N-ethyl adjacent to an activating group) is 2. The number of benzene rings is 4. The minimum absolute atomic E-state index is 0.210. The Morgan fingerprint density at radius 3 is 1.26 bits per heavy atom. The zero-order valence-electron chi connectivity index (χ0n) is 44.9. The lowest BCUT2D eigenvalue weighted by molar-refractivity contribution is -0.140. The number of aromatic nitrogens is 2. The van der Waals surface area contributed by atoms with Crippen LogP contribution in [-0.2, 0) is 19.2 Å². The van der Waals surface area contributed by atoms with E-state index in [9.17, 15) is 28.8 Å². The molecule has 2 aliphatic heterocycles. The average Bonchev–Trinajstić information content (AvgIpc) is 4.27. The van der Waals surface area contributed by atoms with E-state index in [1.54, 1.807) is 62.0 Å². The second kappa shape index (κ2) is 23.2. The van der Waals surface area contributed by atoms with E-state index in [0.29, 0.717) is 24.0 Å². The van der Waals surface area contributed by atoms with Gasteiger partial charge in [-0.15, -0.1) is 22.7 Å². The molecule has 0 aliphatic carbocycles. The standard InChI is InChI=1S/C58H70N10O6S2/c1-33(59-9)49(69)65-47(57(3,4)5)55(73)67-29-41(27-45(67)53-63-43(31-75-53)35-17-13-11-14-18-35)61-51(71)39-23-21-38-26-40(24-22-37(38)25-39)52(72)62-42-28-46(54-64-44(32-76-54)36-19-15-12-16-20-36)68(30-42)56(74)48(58(6,7)8)66-50(70)34(2)60-10/h11-26,31-34,41-42,45-48,59-60H,27-30H2,1-10H3,(H,61,71)(H,62,72)(H,65,69)(H,66,70). The van der Waals surface area contributed by atoms with E-state index in [-0.39, 0.29) is 48.5 Å². The molecule has 6 N–H and O–H groups in total. The fourth-order valence-electron chi connectivity index (χ4n) is 9.69. The maximum atomic E-state index is 14.7. The number of nitrogens with one attached hydrogen (secondary N) is 6. The van der Waals surface area contributed by atoms with Gasteiger partial charge >= 0.3 is 0 Å².